The highest BCUT2D eigenvalue weighted by Gasteiger charge is 2.22. The summed E-state index contributed by atoms with van der Waals surface area (Å²) < 4.78 is 5.53. The van der Waals surface area contributed by atoms with Crippen molar-refractivity contribution >= 4 is 11.8 Å². The average molecular weight is 263 g/mol. The van der Waals surface area contributed by atoms with Crippen molar-refractivity contribution in [3.05, 3.63) is 29.3 Å². The monoisotopic (exact) mass is 263 g/mol. The highest BCUT2D eigenvalue weighted by Crippen LogP contribution is 2.30. The van der Waals surface area contributed by atoms with Gasteiger partial charge in [-0.15, -0.1) is 0 Å². The lowest BCUT2D eigenvalue weighted by atomic mass is 9.99. The number of rotatable bonds is 4. The van der Waals surface area contributed by atoms with E-state index in [4.69, 9.17) is 10.5 Å². The lowest BCUT2D eigenvalue weighted by Crippen LogP contribution is -2.31. The Morgan fingerprint density at radius 3 is 3.22 bits per heavy atom. The maximum absolute atomic E-state index is 6.29. The molecule has 0 bridgehead atoms. The minimum absolute atomic E-state index is 0.363. The number of fused-ring (bicyclic) bond motifs is 1. The Morgan fingerprint density at radius 2 is 2.39 bits per heavy atom. The molecule has 0 saturated carbocycles. The van der Waals surface area contributed by atoms with E-state index in [1.165, 1.54) is 29.7 Å². The molecule has 1 aromatic carbocycles. The van der Waals surface area contributed by atoms with Gasteiger partial charge in [0, 0.05) is 17.7 Å². The Morgan fingerprint density at radius 1 is 1.44 bits per heavy atom. The van der Waals surface area contributed by atoms with Crippen LogP contribution in [0, 0.1) is 0 Å². The van der Waals surface area contributed by atoms with Gasteiger partial charge in [-0.05, 0) is 48.6 Å². The van der Waals surface area contributed by atoms with Crippen molar-refractivity contribution in [2.75, 3.05) is 12.4 Å². The highest BCUT2D eigenvalue weighted by molar-refractivity contribution is 8.00. The summed E-state index contributed by atoms with van der Waals surface area (Å²) in [4.78, 5) is 0. The number of benzene rings is 1. The molecule has 0 radical (unpaired) electrons. The molecule has 2 heterocycles. The molecule has 2 aliphatic rings. The van der Waals surface area contributed by atoms with Crippen molar-refractivity contribution in [1.82, 2.24) is 0 Å². The summed E-state index contributed by atoms with van der Waals surface area (Å²) in [5.74, 6) is 2.38. The lowest BCUT2D eigenvalue weighted by Gasteiger charge is -2.18. The van der Waals surface area contributed by atoms with E-state index >= 15 is 0 Å². The van der Waals surface area contributed by atoms with Gasteiger partial charge >= 0.3 is 0 Å². The Hall–Kier alpha value is -0.670. The van der Waals surface area contributed by atoms with E-state index in [-0.39, 0.29) is 0 Å². The molecule has 1 aromatic rings. The van der Waals surface area contributed by atoms with E-state index in [0.29, 0.717) is 11.3 Å². The Balaban J connectivity index is 1.56. The van der Waals surface area contributed by atoms with E-state index in [0.717, 1.165) is 31.6 Å². The van der Waals surface area contributed by atoms with Crippen LogP contribution in [-0.4, -0.2) is 23.7 Å². The first-order valence-electron chi connectivity index (χ1n) is 6.95. The SMILES string of the molecule is NC(CCc1ccc2c(c1)CCO2)C1CCCS1. The molecule has 2 unspecified atom stereocenters. The molecule has 3 heteroatoms. The summed E-state index contributed by atoms with van der Waals surface area (Å²) in [6, 6.07) is 6.98. The first kappa shape index (κ1) is 12.4. The second-order valence-electron chi connectivity index (χ2n) is 5.29. The van der Waals surface area contributed by atoms with Crippen LogP contribution < -0.4 is 10.5 Å². The zero-order valence-corrected chi connectivity index (χ0v) is 11.5. The minimum atomic E-state index is 0.363. The molecule has 0 aromatic heterocycles. The van der Waals surface area contributed by atoms with Crippen molar-refractivity contribution < 1.29 is 4.74 Å². The maximum Gasteiger partial charge on any atom is 0.122 e. The molecule has 0 spiro atoms. The van der Waals surface area contributed by atoms with Gasteiger partial charge in [0.05, 0.1) is 6.61 Å². The fourth-order valence-electron chi connectivity index (χ4n) is 2.85. The lowest BCUT2D eigenvalue weighted by molar-refractivity contribution is 0.357. The van der Waals surface area contributed by atoms with Crippen LogP contribution in [0.25, 0.3) is 0 Å². The second kappa shape index (κ2) is 5.54. The van der Waals surface area contributed by atoms with Gasteiger partial charge in [0.15, 0.2) is 0 Å². The summed E-state index contributed by atoms with van der Waals surface area (Å²) in [5.41, 5.74) is 9.08. The first-order valence-corrected chi connectivity index (χ1v) is 7.99. The van der Waals surface area contributed by atoms with Gasteiger partial charge in [-0.3, -0.25) is 0 Å². The van der Waals surface area contributed by atoms with E-state index < -0.39 is 0 Å². The van der Waals surface area contributed by atoms with Crippen molar-refractivity contribution in [2.45, 2.75) is 43.4 Å². The molecular formula is C15H21NOS. The predicted molar refractivity (Wildman–Crippen MR) is 77.4 cm³/mol. The summed E-state index contributed by atoms with van der Waals surface area (Å²) in [6.45, 7) is 0.844. The summed E-state index contributed by atoms with van der Waals surface area (Å²) in [5, 5.41) is 0.697. The number of ether oxygens (including phenoxy) is 1. The first-order chi connectivity index (χ1) is 8.83. The Bertz CT molecular complexity index is 415. The van der Waals surface area contributed by atoms with Gasteiger partial charge in [-0.2, -0.15) is 11.8 Å². The Kier molecular flexibility index (Phi) is 3.80. The van der Waals surface area contributed by atoms with E-state index in [1.807, 2.05) is 0 Å². The van der Waals surface area contributed by atoms with Crippen LogP contribution in [0.1, 0.15) is 30.4 Å². The highest BCUT2D eigenvalue weighted by atomic mass is 32.2. The molecule has 98 valence electrons. The molecule has 2 atom stereocenters. The normalized spacial score (nSPS) is 23.7. The van der Waals surface area contributed by atoms with Crippen LogP contribution in [0.15, 0.2) is 18.2 Å². The van der Waals surface area contributed by atoms with E-state index in [1.54, 1.807) is 0 Å². The molecule has 18 heavy (non-hydrogen) atoms. The number of hydrogen-bond acceptors (Lipinski definition) is 3. The zero-order valence-electron chi connectivity index (χ0n) is 10.7. The number of hydrogen-bond donors (Lipinski definition) is 1. The molecule has 1 saturated heterocycles. The fourth-order valence-corrected chi connectivity index (χ4v) is 4.21. The molecule has 0 aliphatic carbocycles. The quantitative estimate of drug-likeness (QED) is 0.907. The number of nitrogens with two attached hydrogens (primary N) is 1. The van der Waals surface area contributed by atoms with Gasteiger partial charge in [0.25, 0.3) is 0 Å². The van der Waals surface area contributed by atoms with Crippen LogP contribution in [0.2, 0.25) is 0 Å². The zero-order chi connectivity index (χ0) is 12.4. The molecule has 3 rings (SSSR count). The van der Waals surface area contributed by atoms with Gasteiger partial charge in [-0.25, -0.2) is 0 Å². The van der Waals surface area contributed by atoms with Crippen molar-refractivity contribution in [2.24, 2.45) is 5.73 Å². The summed E-state index contributed by atoms with van der Waals surface area (Å²) in [6.07, 6.45) is 5.93. The smallest absolute Gasteiger partial charge is 0.122 e. The maximum atomic E-state index is 6.29. The van der Waals surface area contributed by atoms with Crippen LogP contribution in [-0.2, 0) is 12.8 Å². The molecular weight excluding hydrogens is 242 g/mol. The predicted octanol–water partition coefficient (Wildman–Crippen LogP) is 2.78. The van der Waals surface area contributed by atoms with Crippen LogP contribution in [0.5, 0.6) is 5.75 Å². The molecule has 2 N–H and O–H groups in total. The third-order valence-corrected chi connectivity index (χ3v) is 5.50. The molecule has 2 aliphatic heterocycles. The Labute approximate surface area is 113 Å². The summed E-state index contributed by atoms with van der Waals surface area (Å²) >= 11 is 2.06. The summed E-state index contributed by atoms with van der Waals surface area (Å²) in [7, 11) is 0. The topological polar surface area (TPSA) is 35.2 Å². The van der Waals surface area contributed by atoms with Crippen LogP contribution in [0.3, 0.4) is 0 Å². The van der Waals surface area contributed by atoms with Crippen molar-refractivity contribution in [3.8, 4) is 5.75 Å². The van der Waals surface area contributed by atoms with Crippen molar-refractivity contribution in [3.63, 3.8) is 0 Å². The van der Waals surface area contributed by atoms with Gasteiger partial charge < -0.3 is 10.5 Å². The number of aryl methyl sites for hydroxylation is 1. The molecule has 1 fully saturated rings. The second-order valence-corrected chi connectivity index (χ2v) is 6.64. The van der Waals surface area contributed by atoms with Gasteiger partial charge in [-0.1, -0.05) is 12.1 Å². The average Bonchev–Trinajstić information content (AvgIpc) is 3.05. The largest absolute Gasteiger partial charge is 0.493 e. The number of thioether (sulfide) groups is 1. The molecule has 2 nitrogen and oxygen atoms in total. The van der Waals surface area contributed by atoms with Crippen molar-refractivity contribution in [1.29, 1.82) is 0 Å². The van der Waals surface area contributed by atoms with Crippen LogP contribution in [0.4, 0.5) is 0 Å². The standard InChI is InChI=1S/C15H21NOS/c16-13(15-2-1-9-18-15)5-3-11-4-6-14-12(10-11)7-8-17-14/h4,6,10,13,15H,1-3,5,7-9,16H2. The van der Waals surface area contributed by atoms with E-state index in [2.05, 4.69) is 30.0 Å². The third-order valence-electron chi connectivity index (χ3n) is 3.96. The fraction of sp³-hybridized carbons (Fsp3) is 0.600. The minimum Gasteiger partial charge on any atom is -0.493 e. The molecule has 0 amide bonds. The van der Waals surface area contributed by atoms with E-state index in [9.17, 15) is 0 Å². The van der Waals surface area contributed by atoms with Gasteiger partial charge in [0.1, 0.15) is 5.75 Å². The van der Waals surface area contributed by atoms with Gasteiger partial charge in [0.2, 0.25) is 0 Å². The van der Waals surface area contributed by atoms with Crippen LogP contribution >= 0.6 is 11.8 Å². The third kappa shape index (κ3) is 2.67.